The number of nitrogens with zero attached hydrogens (tertiary/aromatic N) is 1. The molecule has 6 nitrogen and oxygen atoms in total. The van der Waals surface area contributed by atoms with Crippen molar-refractivity contribution in [3.05, 3.63) is 40.1 Å². The van der Waals surface area contributed by atoms with Crippen LogP contribution in [0.2, 0.25) is 0 Å². The Kier molecular flexibility index (Phi) is 4.51. The molecule has 5 N–H and O–H groups in total. The number of hydrogen-bond donors (Lipinski definition) is 3. The van der Waals surface area contributed by atoms with E-state index in [-0.39, 0.29) is 22.7 Å². The molecular weight excluding hydrogens is 276 g/mol. The lowest BCUT2D eigenvalue weighted by atomic mass is 10.1. The highest BCUT2D eigenvalue weighted by Crippen LogP contribution is 2.37. The Morgan fingerprint density at radius 3 is 2.80 bits per heavy atom. The fourth-order valence-corrected chi connectivity index (χ4v) is 2.97. The Balaban J connectivity index is 2.30. The van der Waals surface area contributed by atoms with Crippen LogP contribution in [-0.2, 0) is 0 Å². The van der Waals surface area contributed by atoms with E-state index in [0.29, 0.717) is 5.16 Å². The molecule has 0 spiro atoms. The van der Waals surface area contributed by atoms with E-state index >= 15 is 0 Å². The smallest absolute Gasteiger partial charge is 0.253 e. The number of rotatable bonds is 5. The van der Waals surface area contributed by atoms with Crippen LogP contribution in [0, 0.1) is 6.92 Å². The second kappa shape index (κ2) is 6.15. The van der Waals surface area contributed by atoms with Crippen LogP contribution >= 0.6 is 11.8 Å². The maximum atomic E-state index is 11.4. The number of furan rings is 1. The fraction of sp³-hybridized carbons (Fsp3) is 0.385. The number of thioether (sulfide) groups is 1. The first-order valence-corrected chi connectivity index (χ1v) is 7.23. The summed E-state index contributed by atoms with van der Waals surface area (Å²) in [6.45, 7) is 3.88. The number of hydrogen-bond acceptors (Lipinski definition) is 6. The molecule has 2 aromatic rings. The van der Waals surface area contributed by atoms with Crippen molar-refractivity contribution in [3.8, 4) is 0 Å². The summed E-state index contributed by atoms with van der Waals surface area (Å²) >= 11 is 1.35. The zero-order chi connectivity index (χ0) is 14.7. The number of anilines is 1. The number of aromatic nitrogens is 2. The van der Waals surface area contributed by atoms with E-state index in [9.17, 15) is 4.79 Å². The number of aryl methyl sites for hydroxylation is 1. The van der Waals surface area contributed by atoms with E-state index in [4.69, 9.17) is 15.9 Å². The second-order valence-electron chi connectivity index (χ2n) is 4.53. The van der Waals surface area contributed by atoms with E-state index in [1.165, 1.54) is 17.8 Å². The molecule has 108 valence electrons. The van der Waals surface area contributed by atoms with Gasteiger partial charge in [-0.3, -0.25) is 4.79 Å². The first-order chi connectivity index (χ1) is 9.49. The van der Waals surface area contributed by atoms with Gasteiger partial charge >= 0.3 is 0 Å². The van der Waals surface area contributed by atoms with E-state index in [0.717, 1.165) is 17.9 Å². The van der Waals surface area contributed by atoms with Crippen molar-refractivity contribution in [3.63, 3.8) is 0 Å². The van der Waals surface area contributed by atoms with Crippen LogP contribution in [0.1, 0.15) is 30.1 Å². The molecule has 2 rings (SSSR count). The molecular formula is C13H18N4O2S. The van der Waals surface area contributed by atoms with Gasteiger partial charge in [0.05, 0.1) is 5.25 Å². The Hall–Kier alpha value is -1.73. The first kappa shape index (κ1) is 14.7. The summed E-state index contributed by atoms with van der Waals surface area (Å²) in [6, 6.07) is 4.92. The van der Waals surface area contributed by atoms with E-state index in [1.807, 2.05) is 26.0 Å². The van der Waals surface area contributed by atoms with Crippen molar-refractivity contribution in [1.82, 2.24) is 9.97 Å². The van der Waals surface area contributed by atoms with Crippen LogP contribution in [0.3, 0.4) is 0 Å². The highest BCUT2D eigenvalue weighted by Gasteiger charge is 2.24. The maximum absolute atomic E-state index is 11.4. The second-order valence-corrected chi connectivity index (χ2v) is 5.66. The number of H-pyrrole nitrogens is 1. The highest BCUT2D eigenvalue weighted by molar-refractivity contribution is 7.99. The number of nitrogens with one attached hydrogen (secondary N) is 1. The summed E-state index contributed by atoms with van der Waals surface area (Å²) in [5.74, 6) is 1.78. The van der Waals surface area contributed by atoms with E-state index in [1.54, 1.807) is 0 Å². The van der Waals surface area contributed by atoms with Gasteiger partial charge in [0, 0.05) is 12.1 Å². The van der Waals surface area contributed by atoms with Crippen molar-refractivity contribution in [1.29, 1.82) is 0 Å². The molecule has 0 bridgehead atoms. The Morgan fingerprint density at radius 1 is 1.50 bits per heavy atom. The number of aromatic amines is 1. The minimum absolute atomic E-state index is 0.114. The summed E-state index contributed by atoms with van der Waals surface area (Å²) in [5.41, 5.74) is 11.5. The molecule has 0 saturated carbocycles. The molecule has 0 aliphatic carbocycles. The third-order valence-corrected chi connectivity index (χ3v) is 4.13. The van der Waals surface area contributed by atoms with Gasteiger partial charge < -0.3 is 20.9 Å². The third kappa shape index (κ3) is 3.43. The molecule has 0 aromatic carbocycles. The molecule has 0 amide bonds. The number of nitrogen functional groups attached to an aromatic ring is 1. The lowest BCUT2D eigenvalue weighted by molar-refractivity contribution is 0.454. The third-order valence-electron chi connectivity index (χ3n) is 2.88. The predicted octanol–water partition coefficient (Wildman–Crippen LogP) is 1.82. The average molecular weight is 294 g/mol. The summed E-state index contributed by atoms with van der Waals surface area (Å²) in [6.07, 6.45) is 0.782. The molecule has 0 radical (unpaired) electrons. The molecule has 2 heterocycles. The monoisotopic (exact) mass is 294 g/mol. The van der Waals surface area contributed by atoms with Gasteiger partial charge in [0.2, 0.25) is 0 Å². The lowest BCUT2D eigenvalue weighted by Gasteiger charge is -2.19. The topological polar surface area (TPSA) is 111 Å². The molecule has 0 saturated heterocycles. The van der Waals surface area contributed by atoms with Gasteiger partial charge in [-0.25, -0.2) is 4.98 Å². The summed E-state index contributed by atoms with van der Waals surface area (Å²) in [4.78, 5) is 18.2. The first-order valence-electron chi connectivity index (χ1n) is 6.35. The largest absolute Gasteiger partial charge is 0.465 e. The maximum Gasteiger partial charge on any atom is 0.253 e. The van der Waals surface area contributed by atoms with E-state index < -0.39 is 0 Å². The summed E-state index contributed by atoms with van der Waals surface area (Å²) < 4.78 is 5.65. The highest BCUT2D eigenvalue weighted by atomic mass is 32.2. The van der Waals surface area contributed by atoms with Gasteiger partial charge in [-0.1, -0.05) is 18.7 Å². The molecule has 7 heteroatoms. The molecule has 0 aliphatic heterocycles. The minimum atomic E-state index is -0.278. The quantitative estimate of drug-likeness (QED) is 0.573. The van der Waals surface area contributed by atoms with Gasteiger partial charge in [-0.2, -0.15) is 0 Å². The molecule has 0 fully saturated rings. The summed E-state index contributed by atoms with van der Waals surface area (Å²) in [7, 11) is 0. The molecule has 2 aromatic heterocycles. The van der Waals surface area contributed by atoms with Gasteiger partial charge in [0.25, 0.3) is 5.56 Å². The molecule has 2 unspecified atom stereocenters. The van der Waals surface area contributed by atoms with Crippen molar-refractivity contribution >= 4 is 17.6 Å². The predicted molar refractivity (Wildman–Crippen MR) is 79.6 cm³/mol. The van der Waals surface area contributed by atoms with Crippen LogP contribution < -0.4 is 17.0 Å². The van der Waals surface area contributed by atoms with Crippen LogP contribution in [-0.4, -0.2) is 16.0 Å². The van der Waals surface area contributed by atoms with E-state index in [2.05, 4.69) is 9.97 Å². The Morgan fingerprint density at radius 2 is 2.25 bits per heavy atom. The van der Waals surface area contributed by atoms with Crippen LogP contribution in [0.15, 0.2) is 32.6 Å². The molecule has 2 atom stereocenters. The van der Waals surface area contributed by atoms with Gasteiger partial charge in [0.15, 0.2) is 5.16 Å². The van der Waals surface area contributed by atoms with Crippen LogP contribution in [0.25, 0.3) is 0 Å². The lowest BCUT2D eigenvalue weighted by Crippen LogP contribution is -2.26. The molecule has 0 aliphatic rings. The standard InChI is InChI=1S/C13H18N4O2S/c1-3-8(14)12(9-5-4-7(2)19-9)20-13-16-10(15)6-11(18)17-13/h4-6,8,12H,3,14H2,1-2H3,(H3,15,16,17,18). The SMILES string of the molecule is CCC(N)C(Sc1nc(N)cc(=O)[nH]1)c1ccc(C)o1. The molecule has 20 heavy (non-hydrogen) atoms. The van der Waals surface area contributed by atoms with Crippen LogP contribution in [0.5, 0.6) is 0 Å². The zero-order valence-corrected chi connectivity index (χ0v) is 12.2. The Labute approximate surface area is 121 Å². The average Bonchev–Trinajstić information content (AvgIpc) is 2.80. The van der Waals surface area contributed by atoms with Crippen molar-refractivity contribution in [2.75, 3.05) is 5.73 Å². The minimum Gasteiger partial charge on any atom is -0.465 e. The van der Waals surface area contributed by atoms with Crippen molar-refractivity contribution in [2.45, 2.75) is 36.7 Å². The number of nitrogens with two attached hydrogens (primary N) is 2. The van der Waals surface area contributed by atoms with Gasteiger partial charge in [-0.05, 0) is 25.5 Å². The van der Waals surface area contributed by atoms with Crippen molar-refractivity contribution < 1.29 is 4.42 Å². The van der Waals surface area contributed by atoms with Gasteiger partial charge in [0.1, 0.15) is 17.3 Å². The Bertz CT molecular complexity index is 637. The summed E-state index contributed by atoms with van der Waals surface area (Å²) in [5, 5.41) is 0.316. The van der Waals surface area contributed by atoms with Gasteiger partial charge in [-0.15, -0.1) is 0 Å². The zero-order valence-electron chi connectivity index (χ0n) is 11.4. The fourth-order valence-electron chi connectivity index (χ4n) is 1.81. The van der Waals surface area contributed by atoms with Crippen LogP contribution in [0.4, 0.5) is 5.82 Å². The van der Waals surface area contributed by atoms with Crippen molar-refractivity contribution in [2.24, 2.45) is 5.73 Å². The normalized spacial score (nSPS) is 14.2.